The Morgan fingerprint density at radius 2 is 2.11 bits per heavy atom. The van der Waals surface area contributed by atoms with Gasteiger partial charge < -0.3 is 10.0 Å². The normalized spacial score (nSPS) is 17.2. The summed E-state index contributed by atoms with van der Waals surface area (Å²) in [5, 5.41) is 11.1. The molecule has 5 heteroatoms. The molecule has 3 nitrogen and oxygen atoms in total. The SMILES string of the molecule is CCCC1(O)CN(C(=O)Cc2ccc(Cl)cc2Cl)C1. The van der Waals surface area contributed by atoms with Crippen LogP contribution >= 0.6 is 23.2 Å². The third-order valence-electron chi connectivity index (χ3n) is 3.40. The smallest absolute Gasteiger partial charge is 0.227 e. The van der Waals surface area contributed by atoms with E-state index in [1.165, 1.54) is 0 Å². The standard InChI is InChI=1S/C14H17Cl2NO2/c1-2-5-14(19)8-17(9-14)13(18)6-10-3-4-11(15)7-12(10)16/h3-4,7,19H,2,5-6,8-9H2,1H3. The second kappa shape index (κ2) is 5.70. The van der Waals surface area contributed by atoms with Gasteiger partial charge in [-0.2, -0.15) is 0 Å². The van der Waals surface area contributed by atoms with Gasteiger partial charge in [0.05, 0.1) is 25.1 Å². The van der Waals surface area contributed by atoms with E-state index in [-0.39, 0.29) is 12.3 Å². The Morgan fingerprint density at radius 1 is 1.42 bits per heavy atom. The molecule has 2 rings (SSSR count). The maximum Gasteiger partial charge on any atom is 0.227 e. The molecule has 0 atom stereocenters. The number of hydrogen-bond donors (Lipinski definition) is 1. The molecule has 1 saturated heterocycles. The van der Waals surface area contributed by atoms with Gasteiger partial charge in [-0.3, -0.25) is 4.79 Å². The van der Waals surface area contributed by atoms with Gasteiger partial charge in [0.1, 0.15) is 0 Å². The topological polar surface area (TPSA) is 40.5 Å². The number of hydrogen-bond acceptors (Lipinski definition) is 2. The van der Waals surface area contributed by atoms with Gasteiger partial charge in [0, 0.05) is 10.0 Å². The summed E-state index contributed by atoms with van der Waals surface area (Å²) in [6.07, 6.45) is 1.90. The second-order valence-corrected chi connectivity index (χ2v) is 5.98. The molecular formula is C14H17Cl2NO2. The van der Waals surface area contributed by atoms with Crippen molar-refractivity contribution >= 4 is 29.1 Å². The van der Waals surface area contributed by atoms with Crippen molar-refractivity contribution in [3.05, 3.63) is 33.8 Å². The van der Waals surface area contributed by atoms with E-state index >= 15 is 0 Å². The van der Waals surface area contributed by atoms with Gasteiger partial charge in [0.2, 0.25) is 5.91 Å². The Labute approximate surface area is 123 Å². The highest BCUT2D eigenvalue weighted by Gasteiger charge is 2.42. The molecule has 1 N–H and O–H groups in total. The first-order chi connectivity index (χ1) is 8.93. The molecule has 1 aliphatic heterocycles. The molecule has 0 aromatic heterocycles. The van der Waals surface area contributed by atoms with Crippen molar-refractivity contribution in [1.29, 1.82) is 0 Å². The van der Waals surface area contributed by atoms with Crippen LogP contribution in [0.1, 0.15) is 25.3 Å². The Bertz CT molecular complexity index is 484. The van der Waals surface area contributed by atoms with Crippen molar-refractivity contribution < 1.29 is 9.90 Å². The van der Waals surface area contributed by atoms with Gasteiger partial charge >= 0.3 is 0 Å². The van der Waals surface area contributed by atoms with Crippen molar-refractivity contribution in [3.8, 4) is 0 Å². The van der Waals surface area contributed by atoms with E-state index in [1.54, 1.807) is 23.1 Å². The lowest BCUT2D eigenvalue weighted by atomic mass is 9.89. The number of halogens is 2. The molecule has 19 heavy (non-hydrogen) atoms. The lowest BCUT2D eigenvalue weighted by Gasteiger charge is -2.46. The van der Waals surface area contributed by atoms with E-state index in [4.69, 9.17) is 23.2 Å². The summed E-state index contributed by atoms with van der Waals surface area (Å²) in [5.74, 6) is -0.00926. The molecule has 0 unspecified atom stereocenters. The van der Waals surface area contributed by atoms with Crippen molar-refractivity contribution in [2.24, 2.45) is 0 Å². The highest BCUT2D eigenvalue weighted by atomic mass is 35.5. The summed E-state index contributed by atoms with van der Waals surface area (Å²) in [5.41, 5.74) is 0.0794. The van der Waals surface area contributed by atoms with Crippen LogP contribution in [-0.4, -0.2) is 34.6 Å². The maximum absolute atomic E-state index is 12.0. The van der Waals surface area contributed by atoms with Crippen molar-refractivity contribution in [2.75, 3.05) is 13.1 Å². The third-order valence-corrected chi connectivity index (χ3v) is 3.98. The molecule has 0 aliphatic carbocycles. The lowest BCUT2D eigenvalue weighted by Crippen LogP contribution is -2.63. The van der Waals surface area contributed by atoms with E-state index in [9.17, 15) is 9.90 Å². The van der Waals surface area contributed by atoms with Crippen LogP contribution in [0.3, 0.4) is 0 Å². The summed E-state index contributed by atoms with van der Waals surface area (Å²) in [7, 11) is 0. The number of rotatable bonds is 4. The quantitative estimate of drug-likeness (QED) is 0.929. The molecule has 1 amide bonds. The minimum Gasteiger partial charge on any atom is -0.386 e. The molecule has 1 aromatic carbocycles. The Hall–Kier alpha value is -0.770. The van der Waals surface area contributed by atoms with Crippen LogP contribution < -0.4 is 0 Å². The highest BCUT2D eigenvalue weighted by Crippen LogP contribution is 2.27. The molecule has 0 radical (unpaired) electrons. The average molecular weight is 302 g/mol. The number of carbonyl (C=O) groups excluding carboxylic acids is 1. The van der Waals surface area contributed by atoms with Crippen LogP contribution in [0.15, 0.2) is 18.2 Å². The number of nitrogens with zero attached hydrogens (tertiary/aromatic N) is 1. The number of carbonyl (C=O) groups is 1. The minimum absolute atomic E-state index is 0.00926. The molecule has 0 spiro atoms. The zero-order valence-corrected chi connectivity index (χ0v) is 12.3. The van der Waals surface area contributed by atoms with Gasteiger partial charge in [-0.15, -0.1) is 0 Å². The average Bonchev–Trinajstić information content (AvgIpc) is 2.29. The number of likely N-dealkylation sites (tertiary alicyclic amines) is 1. The predicted molar refractivity (Wildman–Crippen MR) is 76.6 cm³/mol. The molecule has 1 aliphatic rings. The van der Waals surface area contributed by atoms with E-state index in [0.717, 1.165) is 18.4 Å². The molecule has 1 fully saturated rings. The molecular weight excluding hydrogens is 285 g/mol. The van der Waals surface area contributed by atoms with Gasteiger partial charge in [-0.05, 0) is 24.1 Å². The van der Waals surface area contributed by atoms with Crippen LogP contribution in [0, 0.1) is 0 Å². The summed E-state index contributed by atoms with van der Waals surface area (Å²) in [4.78, 5) is 13.7. The van der Waals surface area contributed by atoms with Gasteiger partial charge in [-0.1, -0.05) is 42.6 Å². The van der Waals surface area contributed by atoms with Crippen LogP contribution in [0.2, 0.25) is 10.0 Å². The van der Waals surface area contributed by atoms with E-state index in [1.807, 2.05) is 6.92 Å². The lowest BCUT2D eigenvalue weighted by molar-refractivity contribution is -0.155. The first-order valence-corrected chi connectivity index (χ1v) is 7.13. The maximum atomic E-state index is 12.0. The molecule has 104 valence electrons. The molecule has 1 heterocycles. The summed E-state index contributed by atoms with van der Waals surface area (Å²) < 4.78 is 0. The Kier molecular flexibility index (Phi) is 4.39. The minimum atomic E-state index is -0.686. The zero-order chi connectivity index (χ0) is 14.0. The van der Waals surface area contributed by atoms with Crippen molar-refractivity contribution in [2.45, 2.75) is 31.8 Å². The summed E-state index contributed by atoms with van der Waals surface area (Å²) in [6, 6.07) is 5.12. The summed E-state index contributed by atoms with van der Waals surface area (Å²) in [6.45, 7) is 2.87. The largest absolute Gasteiger partial charge is 0.386 e. The van der Waals surface area contributed by atoms with Gasteiger partial charge in [0.25, 0.3) is 0 Å². The third kappa shape index (κ3) is 3.41. The van der Waals surface area contributed by atoms with E-state index in [0.29, 0.717) is 23.1 Å². The van der Waals surface area contributed by atoms with Crippen molar-refractivity contribution in [3.63, 3.8) is 0 Å². The van der Waals surface area contributed by atoms with E-state index in [2.05, 4.69) is 0 Å². The van der Waals surface area contributed by atoms with Crippen LogP contribution in [0.4, 0.5) is 0 Å². The highest BCUT2D eigenvalue weighted by molar-refractivity contribution is 6.35. The monoisotopic (exact) mass is 301 g/mol. The molecule has 0 saturated carbocycles. The van der Waals surface area contributed by atoms with Gasteiger partial charge in [0.15, 0.2) is 0 Å². The molecule has 0 bridgehead atoms. The Morgan fingerprint density at radius 3 is 2.68 bits per heavy atom. The summed E-state index contributed by atoms with van der Waals surface area (Å²) >= 11 is 11.9. The predicted octanol–water partition coefficient (Wildman–Crippen LogP) is 2.91. The van der Waals surface area contributed by atoms with Crippen molar-refractivity contribution in [1.82, 2.24) is 4.90 Å². The van der Waals surface area contributed by atoms with Crippen LogP contribution in [0.5, 0.6) is 0 Å². The van der Waals surface area contributed by atoms with Crippen LogP contribution in [-0.2, 0) is 11.2 Å². The van der Waals surface area contributed by atoms with E-state index < -0.39 is 5.60 Å². The molecule has 1 aromatic rings. The zero-order valence-electron chi connectivity index (χ0n) is 10.8. The second-order valence-electron chi connectivity index (χ2n) is 5.14. The fourth-order valence-electron chi connectivity index (χ4n) is 2.40. The number of β-amino-alcohol motifs (C(OH)–C–C–N with tert-alkyl or cyclic N) is 1. The first-order valence-electron chi connectivity index (χ1n) is 6.37. The number of benzene rings is 1. The Balaban J connectivity index is 1.93. The number of amides is 1. The van der Waals surface area contributed by atoms with Gasteiger partial charge in [-0.25, -0.2) is 0 Å². The number of aliphatic hydroxyl groups is 1. The fourth-order valence-corrected chi connectivity index (χ4v) is 2.88. The fraction of sp³-hybridized carbons (Fsp3) is 0.500. The first kappa shape index (κ1) is 14.6. The van der Waals surface area contributed by atoms with Crippen LogP contribution in [0.25, 0.3) is 0 Å².